The van der Waals surface area contributed by atoms with Crippen LogP contribution in [0.25, 0.3) is 10.2 Å². The highest BCUT2D eigenvalue weighted by Crippen LogP contribution is 2.37. The SMILES string of the molecule is CC(Oc1cc2sc(OC(N)=O)nc2cc1F)c1c(Cl)ccc(F)c1Cl. The maximum absolute atomic E-state index is 14.3. The van der Waals surface area contributed by atoms with Crippen LogP contribution in [0.3, 0.4) is 0 Å². The summed E-state index contributed by atoms with van der Waals surface area (Å²) in [6.07, 6.45) is -1.85. The van der Waals surface area contributed by atoms with Crippen molar-refractivity contribution in [1.29, 1.82) is 0 Å². The molecule has 0 spiro atoms. The first-order chi connectivity index (χ1) is 12.3. The van der Waals surface area contributed by atoms with Crippen LogP contribution in [0.15, 0.2) is 24.3 Å². The van der Waals surface area contributed by atoms with Crippen molar-refractivity contribution in [2.45, 2.75) is 13.0 Å². The molecule has 1 heterocycles. The zero-order valence-corrected chi connectivity index (χ0v) is 15.4. The van der Waals surface area contributed by atoms with Gasteiger partial charge >= 0.3 is 6.09 Å². The van der Waals surface area contributed by atoms with Crippen molar-refractivity contribution in [2.75, 3.05) is 0 Å². The highest BCUT2D eigenvalue weighted by molar-refractivity contribution is 7.20. The first-order valence-corrected chi connectivity index (χ1v) is 8.71. The molecule has 0 aliphatic carbocycles. The van der Waals surface area contributed by atoms with E-state index < -0.39 is 23.8 Å². The van der Waals surface area contributed by atoms with E-state index in [1.165, 1.54) is 12.1 Å². The molecule has 2 N–H and O–H groups in total. The molecule has 136 valence electrons. The van der Waals surface area contributed by atoms with Gasteiger partial charge in [0.2, 0.25) is 0 Å². The van der Waals surface area contributed by atoms with Gasteiger partial charge in [0.05, 0.1) is 15.2 Å². The van der Waals surface area contributed by atoms with Crippen LogP contribution >= 0.6 is 34.5 Å². The number of nitrogens with two attached hydrogens (primary N) is 1. The molecule has 1 aromatic heterocycles. The van der Waals surface area contributed by atoms with Crippen LogP contribution in [0.1, 0.15) is 18.6 Å². The van der Waals surface area contributed by atoms with Crippen LogP contribution in [0.4, 0.5) is 13.6 Å². The van der Waals surface area contributed by atoms with Crippen molar-refractivity contribution in [3.05, 3.63) is 51.5 Å². The smallest absolute Gasteiger partial charge is 0.411 e. The Bertz CT molecular complexity index is 1010. The van der Waals surface area contributed by atoms with Crippen LogP contribution in [-0.4, -0.2) is 11.1 Å². The molecule has 3 aromatic rings. The molecular formula is C16H10Cl2F2N2O3S. The third-order valence-corrected chi connectivity index (χ3v) is 5.01. The van der Waals surface area contributed by atoms with E-state index in [1.54, 1.807) is 6.92 Å². The minimum Gasteiger partial charge on any atom is -0.483 e. The minimum absolute atomic E-state index is 0.0201. The summed E-state index contributed by atoms with van der Waals surface area (Å²) in [6.45, 7) is 1.56. The molecule has 10 heteroatoms. The molecule has 1 atom stereocenters. The summed E-state index contributed by atoms with van der Waals surface area (Å²) in [4.78, 5) is 14.7. The monoisotopic (exact) mass is 418 g/mol. The summed E-state index contributed by atoms with van der Waals surface area (Å²) in [5, 5.41) is -0.0185. The van der Waals surface area contributed by atoms with Crippen molar-refractivity contribution < 1.29 is 23.0 Å². The van der Waals surface area contributed by atoms with Gasteiger partial charge in [0.15, 0.2) is 11.6 Å². The number of rotatable bonds is 4. The van der Waals surface area contributed by atoms with Gasteiger partial charge in [0.1, 0.15) is 11.9 Å². The number of carbonyl (C=O) groups excluding carboxylic acids is 1. The van der Waals surface area contributed by atoms with Crippen LogP contribution in [-0.2, 0) is 0 Å². The van der Waals surface area contributed by atoms with E-state index in [2.05, 4.69) is 9.72 Å². The highest BCUT2D eigenvalue weighted by atomic mass is 35.5. The zero-order valence-electron chi connectivity index (χ0n) is 13.1. The molecule has 0 aliphatic rings. The molecule has 2 aromatic carbocycles. The number of primary amides is 1. The molecule has 0 bridgehead atoms. The maximum atomic E-state index is 14.3. The lowest BCUT2D eigenvalue weighted by molar-refractivity contribution is 0.210. The van der Waals surface area contributed by atoms with E-state index in [-0.39, 0.29) is 32.1 Å². The van der Waals surface area contributed by atoms with Gasteiger partial charge in [-0.05, 0) is 19.1 Å². The molecule has 26 heavy (non-hydrogen) atoms. The lowest BCUT2D eigenvalue weighted by Gasteiger charge is -2.18. The molecule has 1 amide bonds. The topological polar surface area (TPSA) is 74.4 Å². The summed E-state index contributed by atoms with van der Waals surface area (Å²) in [7, 11) is 0. The van der Waals surface area contributed by atoms with E-state index in [1.807, 2.05) is 0 Å². The fourth-order valence-electron chi connectivity index (χ4n) is 2.29. The Balaban J connectivity index is 1.94. The van der Waals surface area contributed by atoms with Crippen molar-refractivity contribution in [2.24, 2.45) is 5.73 Å². The molecule has 3 rings (SSSR count). The minimum atomic E-state index is -1.02. The van der Waals surface area contributed by atoms with Crippen molar-refractivity contribution in [3.8, 4) is 10.9 Å². The molecular weight excluding hydrogens is 409 g/mol. The van der Waals surface area contributed by atoms with E-state index >= 15 is 0 Å². The molecule has 1 unspecified atom stereocenters. The van der Waals surface area contributed by atoms with Crippen LogP contribution in [0.2, 0.25) is 10.0 Å². The molecule has 0 saturated carbocycles. The standard InChI is InChI=1S/C16H10Cl2F2N2O3S/c1-6(13-7(17)2-3-8(19)14(13)18)24-11-5-12-10(4-9(11)20)22-16(26-12)25-15(21)23/h2-6H,1H3,(H2,21,23). The second-order valence-electron chi connectivity index (χ2n) is 5.17. The summed E-state index contributed by atoms with van der Waals surface area (Å²) in [5.74, 6) is -1.48. The highest BCUT2D eigenvalue weighted by Gasteiger charge is 2.21. The second kappa shape index (κ2) is 7.22. The first kappa shape index (κ1) is 18.6. The molecule has 0 saturated heterocycles. The summed E-state index contributed by atoms with van der Waals surface area (Å²) < 4.78 is 38.8. The number of fused-ring (bicyclic) bond motifs is 1. The predicted molar refractivity (Wildman–Crippen MR) is 95.3 cm³/mol. The summed E-state index contributed by atoms with van der Waals surface area (Å²) in [6, 6.07) is 4.98. The normalized spacial score (nSPS) is 12.2. The Morgan fingerprint density at radius 3 is 2.69 bits per heavy atom. The first-order valence-electron chi connectivity index (χ1n) is 7.13. The summed E-state index contributed by atoms with van der Waals surface area (Å²) >= 11 is 13.0. The number of halogens is 4. The molecule has 0 aliphatic heterocycles. The van der Waals surface area contributed by atoms with E-state index in [9.17, 15) is 13.6 Å². The van der Waals surface area contributed by atoms with Gasteiger partial charge in [-0.15, -0.1) is 0 Å². The number of carbonyl (C=O) groups is 1. The van der Waals surface area contributed by atoms with Gasteiger partial charge in [-0.3, -0.25) is 0 Å². The Morgan fingerprint density at radius 2 is 2.00 bits per heavy atom. The number of hydrogen-bond acceptors (Lipinski definition) is 5. The van der Waals surface area contributed by atoms with E-state index in [0.29, 0.717) is 4.70 Å². The summed E-state index contributed by atoms with van der Waals surface area (Å²) in [5.41, 5.74) is 5.40. The number of benzene rings is 2. The lowest BCUT2D eigenvalue weighted by atomic mass is 10.1. The van der Waals surface area contributed by atoms with E-state index in [4.69, 9.17) is 33.7 Å². The number of thiazole rings is 1. The van der Waals surface area contributed by atoms with Crippen LogP contribution in [0.5, 0.6) is 10.9 Å². The quantitative estimate of drug-likeness (QED) is 0.569. The van der Waals surface area contributed by atoms with Gasteiger partial charge in [0.25, 0.3) is 5.19 Å². The Labute approximate surface area is 160 Å². The average molecular weight is 419 g/mol. The van der Waals surface area contributed by atoms with Crippen molar-refractivity contribution in [3.63, 3.8) is 0 Å². The third kappa shape index (κ3) is 3.67. The van der Waals surface area contributed by atoms with Crippen molar-refractivity contribution >= 4 is 50.8 Å². The van der Waals surface area contributed by atoms with E-state index in [0.717, 1.165) is 23.5 Å². The number of amides is 1. The van der Waals surface area contributed by atoms with Crippen LogP contribution < -0.4 is 15.2 Å². The van der Waals surface area contributed by atoms with Gasteiger partial charge in [-0.2, -0.15) is 0 Å². The van der Waals surface area contributed by atoms with Crippen molar-refractivity contribution in [1.82, 2.24) is 4.98 Å². The average Bonchev–Trinajstić information content (AvgIpc) is 2.91. The third-order valence-electron chi connectivity index (χ3n) is 3.40. The molecule has 5 nitrogen and oxygen atoms in total. The fraction of sp³-hybridized carbons (Fsp3) is 0.125. The maximum Gasteiger partial charge on any atom is 0.411 e. The number of hydrogen-bond donors (Lipinski definition) is 1. The number of ether oxygens (including phenoxy) is 2. The van der Waals surface area contributed by atoms with Gasteiger partial charge in [-0.1, -0.05) is 34.5 Å². The zero-order chi connectivity index (χ0) is 19.0. The Kier molecular flexibility index (Phi) is 5.17. The van der Waals surface area contributed by atoms with Gasteiger partial charge in [0, 0.05) is 22.7 Å². The lowest BCUT2D eigenvalue weighted by Crippen LogP contribution is -2.15. The molecule has 0 fully saturated rings. The Hall–Kier alpha value is -2.16. The fourth-order valence-corrected chi connectivity index (χ4v) is 3.80. The number of nitrogens with zero attached hydrogens (tertiary/aromatic N) is 1. The Morgan fingerprint density at radius 1 is 1.27 bits per heavy atom. The largest absolute Gasteiger partial charge is 0.483 e. The predicted octanol–water partition coefficient (Wildman–Crippen LogP) is 5.48. The van der Waals surface area contributed by atoms with Gasteiger partial charge in [-0.25, -0.2) is 18.6 Å². The number of aromatic nitrogens is 1. The second-order valence-corrected chi connectivity index (χ2v) is 6.95. The van der Waals surface area contributed by atoms with Crippen LogP contribution in [0, 0.1) is 11.6 Å². The van der Waals surface area contributed by atoms with Gasteiger partial charge < -0.3 is 15.2 Å². The molecule has 0 radical (unpaired) electrons.